The van der Waals surface area contributed by atoms with Gasteiger partial charge in [-0.3, -0.25) is 0 Å². The molecule has 0 radical (unpaired) electrons. The van der Waals surface area contributed by atoms with Crippen LogP contribution in [0.4, 0.5) is 4.79 Å². The number of rotatable bonds is 5. The number of aromatic nitrogens is 2. The molecule has 0 aliphatic rings. The predicted molar refractivity (Wildman–Crippen MR) is 78.6 cm³/mol. The van der Waals surface area contributed by atoms with Gasteiger partial charge in [-0.2, -0.15) is 0 Å². The van der Waals surface area contributed by atoms with Gasteiger partial charge in [-0.25, -0.2) is 19.6 Å². The number of nitrogens with zero attached hydrogens (tertiary/aromatic N) is 2. The molecule has 9 heteroatoms. The van der Waals surface area contributed by atoms with Crippen LogP contribution < -0.4 is 5.32 Å². The van der Waals surface area contributed by atoms with E-state index in [1.165, 1.54) is 19.5 Å². The Balaban J connectivity index is 2.58. The van der Waals surface area contributed by atoms with Crippen molar-refractivity contribution in [3.63, 3.8) is 0 Å². The van der Waals surface area contributed by atoms with E-state index in [0.717, 1.165) is 0 Å². The Hall–Kier alpha value is -2.26. The van der Waals surface area contributed by atoms with Crippen LogP contribution in [0.2, 0.25) is 0 Å². The number of methoxy groups -OCH3 is 1. The highest BCUT2D eigenvalue weighted by atomic mass is 16.6. The molecule has 2 atom stereocenters. The molecule has 1 rings (SSSR count). The third kappa shape index (κ3) is 6.17. The van der Waals surface area contributed by atoms with Crippen molar-refractivity contribution in [1.82, 2.24) is 15.3 Å². The number of hydrogen-bond donors (Lipinski definition) is 3. The minimum Gasteiger partial charge on any atom is -0.463 e. The zero-order chi connectivity index (χ0) is 17.6. The van der Waals surface area contributed by atoms with Crippen molar-refractivity contribution in [2.24, 2.45) is 0 Å². The lowest BCUT2D eigenvalue weighted by Gasteiger charge is -2.22. The Bertz CT molecular complexity index is 540. The number of carbonyl (C=O) groups is 2. The Morgan fingerprint density at radius 2 is 1.83 bits per heavy atom. The topological polar surface area (TPSA) is 131 Å². The monoisotopic (exact) mass is 327 g/mol. The summed E-state index contributed by atoms with van der Waals surface area (Å²) in [5.74, 6) is -0.872. The molecular weight excluding hydrogens is 306 g/mol. The highest BCUT2D eigenvalue weighted by Crippen LogP contribution is 2.15. The van der Waals surface area contributed by atoms with E-state index >= 15 is 0 Å². The summed E-state index contributed by atoms with van der Waals surface area (Å²) in [5.41, 5.74) is -0.471. The van der Waals surface area contributed by atoms with Crippen molar-refractivity contribution in [2.45, 2.75) is 38.6 Å². The first kappa shape index (κ1) is 18.8. The number of aliphatic hydroxyl groups excluding tert-OH is 2. The highest BCUT2D eigenvalue weighted by molar-refractivity contribution is 5.84. The first-order valence-electron chi connectivity index (χ1n) is 6.87. The summed E-state index contributed by atoms with van der Waals surface area (Å²) in [4.78, 5) is 30.1. The molecule has 1 aromatic heterocycles. The summed E-state index contributed by atoms with van der Waals surface area (Å²) in [6, 6.07) is 0. The Morgan fingerprint density at radius 1 is 1.26 bits per heavy atom. The second-order valence-corrected chi connectivity index (χ2v) is 5.73. The fraction of sp³-hybridized carbons (Fsp3) is 0.571. The number of aliphatic hydroxyl groups is 2. The summed E-state index contributed by atoms with van der Waals surface area (Å²) in [7, 11) is 1.19. The summed E-state index contributed by atoms with van der Waals surface area (Å²) < 4.78 is 9.46. The average Bonchev–Trinajstić information content (AvgIpc) is 2.49. The first-order valence-corrected chi connectivity index (χ1v) is 6.87. The molecule has 0 fully saturated rings. The van der Waals surface area contributed by atoms with Crippen molar-refractivity contribution in [3.8, 4) is 0 Å². The van der Waals surface area contributed by atoms with Gasteiger partial charge >= 0.3 is 12.1 Å². The number of ether oxygens (including phenoxy) is 2. The van der Waals surface area contributed by atoms with Crippen LogP contribution in [0, 0.1) is 0 Å². The van der Waals surface area contributed by atoms with Gasteiger partial charge in [0.25, 0.3) is 0 Å². The van der Waals surface area contributed by atoms with E-state index in [9.17, 15) is 19.8 Å². The number of alkyl carbamates (subject to hydrolysis) is 1. The van der Waals surface area contributed by atoms with Crippen LogP contribution in [-0.4, -0.2) is 57.6 Å². The molecule has 0 saturated carbocycles. The lowest BCUT2D eigenvalue weighted by molar-refractivity contribution is 0.0125. The Kier molecular flexibility index (Phi) is 6.40. The summed E-state index contributed by atoms with van der Waals surface area (Å²) in [6.45, 7) is 4.89. The van der Waals surface area contributed by atoms with Crippen molar-refractivity contribution >= 4 is 12.1 Å². The number of esters is 1. The molecule has 2 unspecified atom stereocenters. The van der Waals surface area contributed by atoms with E-state index in [2.05, 4.69) is 20.0 Å². The molecule has 0 bridgehead atoms. The molecule has 3 N–H and O–H groups in total. The van der Waals surface area contributed by atoms with Gasteiger partial charge in [-0.1, -0.05) is 0 Å². The van der Waals surface area contributed by atoms with Crippen LogP contribution in [0.1, 0.15) is 43.1 Å². The van der Waals surface area contributed by atoms with Gasteiger partial charge in [0.2, 0.25) is 5.82 Å². The largest absolute Gasteiger partial charge is 0.463 e. The molecule has 0 aliphatic heterocycles. The van der Waals surface area contributed by atoms with Crippen LogP contribution >= 0.6 is 0 Å². The van der Waals surface area contributed by atoms with E-state index < -0.39 is 29.9 Å². The van der Waals surface area contributed by atoms with Crippen molar-refractivity contribution < 1.29 is 29.3 Å². The van der Waals surface area contributed by atoms with Crippen molar-refractivity contribution in [1.29, 1.82) is 0 Å². The van der Waals surface area contributed by atoms with Crippen molar-refractivity contribution in [2.75, 3.05) is 13.7 Å². The Labute approximate surface area is 133 Å². The number of amides is 1. The molecule has 9 nitrogen and oxygen atoms in total. The van der Waals surface area contributed by atoms with Crippen LogP contribution in [0.5, 0.6) is 0 Å². The molecule has 0 aliphatic carbocycles. The minimum atomic E-state index is -1.34. The van der Waals surface area contributed by atoms with E-state index in [4.69, 9.17) is 4.74 Å². The van der Waals surface area contributed by atoms with Gasteiger partial charge in [0, 0.05) is 24.5 Å². The fourth-order valence-electron chi connectivity index (χ4n) is 1.52. The molecule has 1 aromatic rings. The molecule has 0 aromatic carbocycles. The van der Waals surface area contributed by atoms with E-state index in [1.54, 1.807) is 20.8 Å². The minimum absolute atomic E-state index is 0.162. The lowest BCUT2D eigenvalue weighted by Crippen LogP contribution is -2.38. The summed E-state index contributed by atoms with van der Waals surface area (Å²) in [5, 5.41) is 22.2. The Morgan fingerprint density at radius 3 is 2.30 bits per heavy atom. The molecule has 1 heterocycles. The third-order valence-corrected chi connectivity index (χ3v) is 2.60. The maximum absolute atomic E-state index is 11.5. The zero-order valence-electron chi connectivity index (χ0n) is 13.4. The maximum Gasteiger partial charge on any atom is 0.407 e. The zero-order valence-corrected chi connectivity index (χ0v) is 13.4. The lowest BCUT2D eigenvalue weighted by atomic mass is 10.1. The van der Waals surface area contributed by atoms with Crippen LogP contribution in [0.15, 0.2) is 12.4 Å². The molecule has 0 saturated heterocycles. The number of hydrogen-bond acceptors (Lipinski definition) is 8. The van der Waals surface area contributed by atoms with E-state index in [1.807, 2.05) is 0 Å². The SMILES string of the molecule is COC(=O)c1ncc(C(O)C(O)CNC(=O)OC(C)(C)C)cn1. The molecule has 128 valence electrons. The fourth-order valence-corrected chi connectivity index (χ4v) is 1.52. The normalized spacial score (nSPS) is 13.8. The van der Waals surface area contributed by atoms with Crippen LogP contribution in [-0.2, 0) is 9.47 Å². The van der Waals surface area contributed by atoms with Crippen LogP contribution in [0.25, 0.3) is 0 Å². The molecular formula is C14H21N3O6. The standard InChI is InChI=1S/C14H21N3O6/c1-14(2,3)23-13(21)17-7-9(18)10(19)8-5-15-11(16-6-8)12(20)22-4/h5-6,9-10,18-19H,7H2,1-4H3,(H,17,21). The predicted octanol–water partition coefficient (Wildman–Crippen LogP) is 0.182. The number of nitrogens with one attached hydrogen (secondary N) is 1. The second-order valence-electron chi connectivity index (χ2n) is 5.73. The van der Waals surface area contributed by atoms with Gasteiger partial charge in [0.15, 0.2) is 0 Å². The van der Waals surface area contributed by atoms with Crippen LogP contribution in [0.3, 0.4) is 0 Å². The molecule has 23 heavy (non-hydrogen) atoms. The van der Waals surface area contributed by atoms with Crippen molar-refractivity contribution in [3.05, 3.63) is 23.8 Å². The second kappa shape index (κ2) is 7.84. The summed E-state index contributed by atoms with van der Waals surface area (Å²) >= 11 is 0. The average molecular weight is 327 g/mol. The van der Waals surface area contributed by atoms with Gasteiger partial charge in [-0.15, -0.1) is 0 Å². The molecule has 1 amide bonds. The highest BCUT2D eigenvalue weighted by Gasteiger charge is 2.22. The smallest absolute Gasteiger partial charge is 0.407 e. The van der Waals surface area contributed by atoms with Gasteiger partial charge in [-0.05, 0) is 20.8 Å². The quantitative estimate of drug-likeness (QED) is 0.653. The number of carbonyl (C=O) groups excluding carboxylic acids is 2. The maximum atomic E-state index is 11.5. The van der Waals surface area contributed by atoms with E-state index in [0.29, 0.717) is 0 Å². The summed E-state index contributed by atoms with van der Waals surface area (Å²) in [6.07, 6.45) is -0.950. The van der Waals surface area contributed by atoms with Gasteiger partial charge in [0.1, 0.15) is 17.8 Å². The van der Waals surface area contributed by atoms with E-state index in [-0.39, 0.29) is 17.9 Å². The van der Waals surface area contributed by atoms with Gasteiger partial charge < -0.3 is 25.0 Å². The molecule has 0 spiro atoms. The third-order valence-electron chi connectivity index (χ3n) is 2.60. The van der Waals surface area contributed by atoms with Gasteiger partial charge in [0.05, 0.1) is 7.11 Å². The first-order chi connectivity index (χ1) is 10.6.